The van der Waals surface area contributed by atoms with Crippen LogP contribution in [0.2, 0.25) is 0 Å². The first kappa shape index (κ1) is 8.77. The quantitative estimate of drug-likeness (QED) is 0.720. The summed E-state index contributed by atoms with van der Waals surface area (Å²) in [5.74, 6) is 1.74. The Morgan fingerprint density at radius 1 is 1.40 bits per heavy atom. The summed E-state index contributed by atoms with van der Waals surface area (Å²) in [6.45, 7) is 2.02. The normalized spacial score (nSPS) is 16.1. The third kappa shape index (κ3) is 1.23. The van der Waals surface area contributed by atoms with Crippen LogP contribution in [0.3, 0.4) is 0 Å². The van der Waals surface area contributed by atoms with E-state index in [2.05, 4.69) is 22.7 Å². The molecule has 0 bridgehead atoms. The molecule has 1 fully saturated rings. The number of nitrogens with two attached hydrogens (primary N) is 1. The SMILES string of the molecule is Cc1nc2cc(N)c(C3CC3)cc2n1C. The van der Waals surface area contributed by atoms with Gasteiger partial charge in [-0.15, -0.1) is 0 Å². The molecule has 0 unspecified atom stereocenters. The van der Waals surface area contributed by atoms with Crippen LogP contribution in [0.25, 0.3) is 11.0 Å². The molecule has 2 aromatic rings. The Kier molecular flexibility index (Phi) is 1.61. The fourth-order valence-corrected chi connectivity index (χ4v) is 2.14. The van der Waals surface area contributed by atoms with Gasteiger partial charge in [-0.1, -0.05) is 0 Å². The van der Waals surface area contributed by atoms with Gasteiger partial charge in [-0.25, -0.2) is 4.98 Å². The van der Waals surface area contributed by atoms with E-state index >= 15 is 0 Å². The molecule has 1 aliphatic rings. The molecule has 1 aromatic carbocycles. The van der Waals surface area contributed by atoms with Gasteiger partial charge in [0.15, 0.2) is 0 Å². The maximum atomic E-state index is 6.04. The van der Waals surface area contributed by atoms with Crippen LogP contribution in [0, 0.1) is 6.92 Å². The molecule has 78 valence electrons. The topological polar surface area (TPSA) is 43.8 Å². The summed E-state index contributed by atoms with van der Waals surface area (Å²) in [7, 11) is 2.05. The van der Waals surface area contributed by atoms with Gasteiger partial charge in [0.1, 0.15) is 5.82 Å². The van der Waals surface area contributed by atoms with Crippen molar-refractivity contribution in [3.8, 4) is 0 Å². The van der Waals surface area contributed by atoms with Gasteiger partial charge in [0.05, 0.1) is 11.0 Å². The van der Waals surface area contributed by atoms with Crippen molar-refractivity contribution in [3.63, 3.8) is 0 Å². The van der Waals surface area contributed by atoms with Crippen LogP contribution < -0.4 is 5.73 Å². The summed E-state index contributed by atoms with van der Waals surface area (Å²) in [6, 6.07) is 4.22. The fourth-order valence-electron chi connectivity index (χ4n) is 2.14. The highest BCUT2D eigenvalue weighted by Crippen LogP contribution is 2.43. The molecule has 15 heavy (non-hydrogen) atoms. The molecule has 0 atom stereocenters. The number of nitrogen functional groups attached to an aromatic ring is 1. The van der Waals surface area contributed by atoms with Crippen LogP contribution in [0.5, 0.6) is 0 Å². The third-order valence-corrected chi connectivity index (χ3v) is 3.33. The largest absolute Gasteiger partial charge is 0.398 e. The first-order chi connectivity index (χ1) is 7.16. The van der Waals surface area contributed by atoms with E-state index in [-0.39, 0.29) is 0 Å². The Hall–Kier alpha value is -1.51. The zero-order chi connectivity index (χ0) is 10.6. The van der Waals surface area contributed by atoms with E-state index < -0.39 is 0 Å². The number of imidazole rings is 1. The van der Waals surface area contributed by atoms with Crippen LogP contribution in [0.1, 0.15) is 30.1 Å². The number of aromatic nitrogens is 2. The van der Waals surface area contributed by atoms with Crippen molar-refractivity contribution in [2.45, 2.75) is 25.7 Å². The lowest BCUT2D eigenvalue weighted by Crippen LogP contribution is -1.94. The van der Waals surface area contributed by atoms with Crippen LogP contribution >= 0.6 is 0 Å². The first-order valence-electron chi connectivity index (χ1n) is 5.39. The molecule has 1 aromatic heterocycles. The van der Waals surface area contributed by atoms with Gasteiger partial charge in [-0.3, -0.25) is 0 Å². The number of fused-ring (bicyclic) bond motifs is 1. The first-order valence-corrected chi connectivity index (χ1v) is 5.39. The lowest BCUT2D eigenvalue weighted by atomic mass is 10.1. The minimum absolute atomic E-state index is 0.699. The average Bonchev–Trinajstić information content (AvgIpc) is 2.97. The second-order valence-corrected chi connectivity index (χ2v) is 4.46. The van der Waals surface area contributed by atoms with Crippen LogP contribution in [-0.4, -0.2) is 9.55 Å². The molecule has 0 spiro atoms. The smallest absolute Gasteiger partial charge is 0.106 e. The summed E-state index contributed by atoms with van der Waals surface area (Å²) >= 11 is 0. The average molecular weight is 201 g/mol. The number of rotatable bonds is 1. The molecule has 0 radical (unpaired) electrons. The Balaban J connectivity index is 2.30. The van der Waals surface area contributed by atoms with E-state index in [1.807, 2.05) is 13.0 Å². The maximum Gasteiger partial charge on any atom is 0.106 e. The molecule has 1 heterocycles. The fraction of sp³-hybridized carbons (Fsp3) is 0.417. The standard InChI is InChI=1S/C12H15N3/c1-7-14-11-6-10(13)9(8-3-4-8)5-12(11)15(7)2/h5-6,8H,3-4,13H2,1-2H3. The Morgan fingerprint density at radius 3 is 2.80 bits per heavy atom. The van der Waals surface area contributed by atoms with E-state index in [1.165, 1.54) is 23.9 Å². The van der Waals surface area contributed by atoms with Crippen molar-refractivity contribution in [2.24, 2.45) is 7.05 Å². The number of hydrogen-bond donors (Lipinski definition) is 1. The lowest BCUT2D eigenvalue weighted by molar-refractivity contribution is 0.885. The van der Waals surface area contributed by atoms with Crippen molar-refractivity contribution in [1.82, 2.24) is 9.55 Å². The number of benzene rings is 1. The molecule has 2 N–H and O–H groups in total. The highest BCUT2D eigenvalue weighted by atomic mass is 15.0. The molecule has 3 nitrogen and oxygen atoms in total. The maximum absolute atomic E-state index is 6.04. The Morgan fingerprint density at radius 2 is 2.13 bits per heavy atom. The van der Waals surface area contributed by atoms with Crippen molar-refractivity contribution in [2.75, 3.05) is 5.73 Å². The van der Waals surface area contributed by atoms with Crippen LogP contribution in [0.15, 0.2) is 12.1 Å². The molecule has 0 amide bonds. The molecule has 3 heteroatoms. The number of anilines is 1. The minimum Gasteiger partial charge on any atom is -0.398 e. The summed E-state index contributed by atoms with van der Waals surface area (Å²) in [5.41, 5.74) is 10.5. The summed E-state index contributed by atoms with van der Waals surface area (Å²) in [5, 5.41) is 0. The van der Waals surface area contributed by atoms with Crippen molar-refractivity contribution < 1.29 is 0 Å². The summed E-state index contributed by atoms with van der Waals surface area (Å²) in [6.07, 6.45) is 2.57. The number of nitrogens with zero attached hydrogens (tertiary/aromatic N) is 2. The monoisotopic (exact) mass is 201 g/mol. The highest BCUT2D eigenvalue weighted by Gasteiger charge is 2.26. The molecule has 0 saturated heterocycles. The summed E-state index contributed by atoms with van der Waals surface area (Å²) < 4.78 is 2.13. The van der Waals surface area contributed by atoms with Gasteiger partial charge < -0.3 is 10.3 Å². The van der Waals surface area contributed by atoms with Gasteiger partial charge >= 0.3 is 0 Å². The van der Waals surface area contributed by atoms with Crippen molar-refractivity contribution >= 4 is 16.7 Å². The van der Waals surface area contributed by atoms with Gasteiger partial charge in [-0.2, -0.15) is 0 Å². The molecule has 3 rings (SSSR count). The van der Waals surface area contributed by atoms with Crippen molar-refractivity contribution in [1.29, 1.82) is 0 Å². The van der Waals surface area contributed by atoms with Gasteiger partial charge in [-0.05, 0) is 43.4 Å². The van der Waals surface area contributed by atoms with E-state index in [0.717, 1.165) is 17.0 Å². The van der Waals surface area contributed by atoms with E-state index in [0.29, 0.717) is 5.92 Å². The van der Waals surface area contributed by atoms with Crippen LogP contribution in [0.4, 0.5) is 5.69 Å². The molecular formula is C12H15N3. The third-order valence-electron chi connectivity index (χ3n) is 3.33. The van der Waals surface area contributed by atoms with Gasteiger partial charge in [0, 0.05) is 12.7 Å². The molecule has 1 saturated carbocycles. The van der Waals surface area contributed by atoms with Gasteiger partial charge in [0.25, 0.3) is 0 Å². The Bertz CT molecular complexity index is 535. The van der Waals surface area contributed by atoms with E-state index in [9.17, 15) is 0 Å². The molecule has 0 aliphatic heterocycles. The zero-order valence-electron chi connectivity index (χ0n) is 9.12. The van der Waals surface area contributed by atoms with E-state index in [1.54, 1.807) is 0 Å². The molecule has 1 aliphatic carbocycles. The van der Waals surface area contributed by atoms with Crippen LogP contribution in [-0.2, 0) is 7.05 Å². The molecular weight excluding hydrogens is 186 g/mol. The number of hydrogen-bond acceptors (Lipinski definition) is 2. The summed E-state index contributed by atoms with van der Waals surface area (Å²) in [4.78, 5) is 4.48. The zero-order valence-corrected chi connectivity index (χ0v) is 9.12. The predicted molar refractivity (Wildman–Crippen MR) is 61.8 cm³/mol. The highest BCUT2D eigenvalue weighted by molar-refractivity contribution is 5.82. The Labute approximate surface area is 88.9 Å². The predicted octanol–water partition coefficient (Wildman–Crippen LogP) is 2.34. The lowest BCUT2D eigenvalue weighted by Gasteiger charge is -2.04. The minimum atomic E-state index is 0.699. The second kappa shape index (κ2) is 2.75. The van der Waals surface area contributed by atoms with Gasteiger partial charge in [0.2, 0.25) is 0 Å². The van der Waals surface area contributed by atoms with E-state index in [4.69, 9.17) is 5.73 Å². The van der Waals surface area contributed by atoms with Crippen molar-refractivity contribution in [3.05, 3.63) is 23.5 Å². The number of aryl methyl sites for hydroxylation is 2. The second-order valence-electron chi connectivity index (χ2n) is 4.46.